The van der Waals surface area contributed by atoms with Crippen molar-refractivity contribution in [2.45, 2.75) is 18.9 Å². The van der Waals surface area contributed by atoms with Crippen molar-refractivity contribution in [1.29, 1.82) is 0 Å². The van der Waals surface area contributed by atoms with Gasteiger partial charge in [-0.25, -0.2) is 9.59 Å². The van der Waals surface area contributed by atoms with E-state index in [0.29, 0.717) is 37.4 Å². The number of fused-ring (bicyclic) bond motifs is 1. The molecular weight excluding hydrogens is 346 g/mol. The molecule has 0 radical (unpaired) electrons. The van der Waals surface area contributed by atoms with Crippen molar-refractivity contribution in [2.75, 3.05) is 20.2 Å². The normalized spacial score (nSPS) is 15.1. The minimum absolute atomic E-state index is 0.0682. The Balaban J connectivity index is 1.41. The highest BCUT2D eigenvalue weighted by molar-refractivity contribution is 5.75. The summed E-state index contributed by atoms with van der Waals surface area (Å²) in [5.74, 6) is 1.19. The number of H-pyrrole nitrogens is 1. The van der Waals surface area contributed by atoms with Crippen molar-refractivity contribution < 1.29 is 14.3 Å². The molecule has 3 aromatic rings. The van der Waals surface area contributed by atoms with Gasteiger partial charge in [-0.3, -0.25) is 4.57 Å². The number of nitrogens with one attached hydrogen (secondary N) is 1. The number of hydrogen-bond acceptors (Lipinski definition) is 4. The molecule has 1 aliphatic rings. The largest absolute Gasteiger partial charge is 0.497 e. The number of nitrogens with zero attached hydrogens (tertiary/aromatic N) is 2. The van der Waals surface area contributed by atoms with E-state index in [4.69, 9.17) is 9.47 Å². The molecule has 0 spiro atoms. The highest BCUT2D eigenvalue weighted by atomic mass is 16.6. The van der Waals surface area contributed by atoms with E-state index in [-0.39, 0.29) is 17.8 Å². The lowest BCUT2D eigenvalue weighted by Gasteiger charge is -2.31. The Bertz CT molecular complexity index is 998. The van der Waals surface area contributed by atoms with Crippen LogP contribution in [0.4, 0.5) is 4.79 Å². The number of benzene rings is 2. The van der Waals surface area contributed by atoms with Crippen molar-refractivity contribution in [3.8, 4) is 11.5 Å². The lowest BCUT2D eigenvalue weighted by atomic mass is 10.0. The molecule has 0 saturated carbocycles. The number of rotatable bonds is 3. The van der Waals surface area contributed by atoms with Crippen LogP contribution in [-0.2, 0) is 0 Å². The predicted octanol–water partition coefficient (Wildman–Crippen LogP) is 3.17. The molecule has 1 amide bonds. The highest BCUT2D eigenvalue weighted by Gasteiger charge is 2.27. The number of ether oxygens (including phenoxy) is 2. The first kappa shape index (κ1) is 17.2. The highest BCUT2D eigenvalue weighted by Crippen LogP contribution is 2.25. The second-order valence-electron chi connectivity index (χ2n) is 6.58. The second-order valence-corrected chi connectivity index (χ2v) is 6.58. The zero-order valence-corrected chi connectivity index (χ0v) is 15.1. The van der Waals surface area contributed by atoms with Crippen LogP contribution in [0.2, 0.25) is 0 Å². The zero-order chi connectivity index (χ0) is 18.8. The maximum Gasteiger partial charge on any atom is 0.415 e. The Morgan fingerprint density at radius 1 is 1.04 bits per heavy atom. The molecule has 0 atom stereocenters. The minimum atomic E-state index is -0.370. The molecule has 0 aliphatic carbocycles. The summed E-state index contributed by atoms with van der Waals surface area (Å²) in [4.78, 5) is 29.3. The summed E-state index contributed by atoms with van der Waals surface area (Å²) < 4.78 is 12.3. The van der Waals surface area contributed by atoms with E-state index in [2.05, 4.69) is 4.98 Å². The molecule has 0 unspecified atom stereocenters. The zero-order valence-electron chi connectivity index (χ0n) is 15.1. The molecule has 1 aromatic heterocycles. The monoisotopic (exact) mass is 367 g/mol. The average molecular weight is 367 g/mol. The van der Waals surface area contributed by atoms with Gasteiger partial charge in [0.25, 0.3) is 0 Å². The first-order chi connectivity index (χ1) is 13.2. The molecule has 1 N–H and O–H groups in total. The number of imidazole rings is 1. The van der Waals surface area contributed by atoms with E-state index >= 15 is 0 Å². The molecule has 140 valence electrons. The third-order valence-corrected chi connectivity index (χ3v) is 4.98. The summed E-state index contributed by atoms with van der Waals surface area (Å²) in [6.07, 6.45) is 1.05. The van der Waals surface area contributed by atoms with Crippen LogP contribution in [0, 0.1) is 0 Å². The number of piperidine rings is 1. The van der Waals surface area contributed by atoms with Gasteiger partial charge in [-0.1, -0.05) is 12.1 Å². The van der Waals surface area contributed by atoms with E-state index in [1.165, 1.54) is 0 Å². The van der Waals surface area contributed by atoms with Gasteiger partial charge in [-0.05, 0) is 49.2 Å². The van der Waals surface area contributed by atoms with Gasteiger partial charge in [0.05, 0.1) is 18.1 Å². The van der Waals surface area contributed by atoms with E-state index < -0.39 is 0 Å². The topological polar surface area (TPSA) is 76.6 Å². The van der Waals surface area contributed by atoms with Crippen LogP contribution in [0.15, 0.2) is 53.3 Å². The molecule has 27 heavy (non-hydrogen) atoms. The number of methoxy groups -OCH3 is 1. The van der Waals surface area contributed by atoms with Crippen molar-refractivity contribution in [1.82, 2.24) is 14.5 Å². The molecule has 1 aliphatic heterocycles. The fourth-order valence-electron chi connectivity index (χ4n) is 3.55. The second kappa shape index (κ2) is 7.19. The van der Waals surface area contributed by atoms with Crippen LogP contribution in [-0.4, -0.2) is 40.7 Å². The van der Waals surface area contributed by atoms with Gasteiger partial charge >= 0.3 is 11.8 Å². The summed E-state index contributed by atoms with van der Waals surface area (Å²) in [6.45, 7) is 1.09. The van der Waals surface area contributed by atoms with Crippen LogP contribution in [0.5, 0.6) is 11.5 Å². The van der Waals surface area contributed by atoms with E-state index in [9.17, 15) is 9.59 Å². The SMILES string of the molecule is COc1ccc(OC(=O)N2CCC(n3c(=O)[nH]c4ccccc43)CC2)cc1. The minimum Gasteiger partial charge on any atom is -0.497 e. The summed E-state index contributed by atoms with van der Waals surface area (Å²) in [5.41, 5.74) is 1.64. The third-order valence-electron chi connectivity index (χ3n) is 4.98. The molecule has 2 heterocycles. The molecule has 7 heteroatoms. The summed E-state index contributed by atoms with van der Waals surface area (Å²) in [6, 6.07) is 14.6. The Kier molecular flexibility index (Phi) is 4.58. The smallest absolute Gasteiger partial charge is 0.415 e. The number of hydrogen-bond donors (Lipinski definition) is 1. The average Bonchev–Trinajstić information content (AvgIpc) is 3.04. The van der Waals surface area contributed by atoms with Gasteiger partial charge in [-0.2, -0.15) is 0 Å². The van der Waals surface area contributed by atoms with Crippen molar-refractivity contribution in [3.63, 3.8) is 0 Å². The number of likely N-dealkylation sites (tertiary alicyclic amines) is 1. The van der Waals surface area contributed by atoms with Crippen LogP contribution in [0.3, 0.4) is 0 Å². The summed E-state index contributed by atoms with van der Waals surface area (Å²) >= 11 is 0. The first-order valence-electron chi connectivity index (χ1n) is 8.96. The Morgan fingerprint density at radius 2 is 1.70 bits per heavy atom. The van der Waals surface area contributed by atoms with Crippen LogP contribution >= 0.6 is 0 Å². The number of para-hydroxylation sites is 2. The number of aromatic nitrogens is 2. The van der Waals surface area contributed by atoms with Crippen LogP contribution < -0.4 is 15.2 Å². The molecule has 1 fully saturated rings. The summed E-state index contributed by atoms with van der Waals surface area (Å²) in [7, 11) is 1.59. The first-order valence-corrected chi connectivity index (χ1v) is 8.96. The standard InChI is InChI=1S/C20H21N3O4/c1-26-15-6-8-16(9-7-15)27-20(25)22-12-10-14(11-13-22)23-18-5-3-2-4-17(18)21-19(23)24/h2-9,14H,10-13H2,1H3,(H,21,24). The van der Waals surface area contributed by atoms with E-state index in [1.807, 2.05) is 28.8 Å². The van der Waals surface area contributed by atoms with Gasteiger partial charge in [0.15, 0.2) is 0 Å². The van der Waals surface area contributed by atoms with E-state index in [0.717, 1.165) is 11.0 Å². The van der Waals surface area contributed by atoms with Crippen LogP contribution in [0.25, 0.3) is 11.0 Å². The van der Waals surface area contributed by atoms with Gasteiger partial charge in [0.1, 0.15) is 11.5 Å². The molecule has 0 bridgehead atoms. The van der Waals surface area contributed by atoms with Gasteiger partial charge in [-0.15, -0.1) is 0 Å². The molecule has 7 nitrogen and oxygen atoms in total. The number of carbonyl (C=O) groups excluding carboxylic acids is 1. The molecular formula is C20H21N3O4. The summed E-state index contributed by atoms with van der Waals surface area (Å²) in [5, 5.41) is 0. The Morgan fingerprint density at radius 3 is 2.41 bits per heavy atom. The van der Waals surface area contributed by atoms with Gasteiger partial charge < -0.3 is 19.4 Å². The third kappa shape index (κ3) is 3.40. The number of aromatic amines is 1. The van der Waals surface area contributed by atoms with E-state index in [1.54, 1.807) is 36.3 Å². The predicted molar refractivity (Wildman–Crippen MR) is 101 cm³/mol. The van der Waals surface area contributed by atoms with Crippen molar-refractivity contribution >= 4 is 17.1 Å². The lowest BCUT2D eigenvalue weighted by molar-refractivity contribution is 0.132. The number of carbonyl (C=O) groups is 1. The fourth-order valence-corrected chi connectivity index (χ4v) is 3.55. The Hall–Kier alpha value is -3.22. The molecule has 4 rings (SSSR count). The van der Waals surface area contributed by atoms with Crippen LogP contribution in [0.1, 0.15) is 18.9 Å². The Labute approximate surface area is 156 Å². The maximum absolute atomic E-state index is 12.4. The quantitative estimate of drug-likeness (QED) is 0.771. The van der Waals surface area contributed by atoms with Gasteiger partial charge in [0, 0.05) is 19.1 Å². The lowest BCUT2D eigenvalue weighted by Crippen LogP contribution is -2.41. The fraction of sp³-hybridized carbons (Fsp3) is 0.300. The molecule has 2 aromatic carbocycles. The number of amides is 1. The maximum atomic E-state index is 12.4. The van der Waals surface area contributed by atoms with Crippen molar-refractivity contribution in [3.05, 3.63) is 59.0 Å². The molecule has 1 saturated heterocycles. The van der Waals surface area contributed by atoms with Crippen molar-refractivity contribution in [2.24, 2.45) is 0 Å². The van der Waals surface area contributed by atoms with Gasteiger partial charge in [0.2, 0.25) is 0 Å².